The molecule has 1 saturated carbocycles. The lowest BCUT2D eigenvalue weighted by molar-refractivity contribution is 0.0312. The van der Waals surface area contributed by atoms with E-state index in [1.54, 1.807) is 7.11 Å². The molecule has 0 spiro atoms. The molecule has 3 nitrogen and oxygen atoms in total. The van der Waals surface area contributed by atoms with Crippen LogP contribution < -0.4 is 4.74 Å². The molecule has 0 bridgehead atoms. The van der Waals surface area contributed by atoms with E-state index in [4.69, 9.17) is 4.74 Å². The standard InChI is InChI=1S/C22H27NO2/c1-25-21-9-5-8-20(12-21)22(24)13-18-15-23(16-19(18)14-22)11-10-17-6-3-2-4-7-17/h2-9,12,18-19,24H,10-11,13-16H2,1H3. The lowest BCUT2D eigenvalue weighted by atomic mass is 9.90. The van der Waals surface area contributed by atoms with Gasteiger partial charge in [-0.3, -0.25) is 0 Å². The maximum atomic E-state index is 11.2. The van der Waals surface area contributed by atoms with E-state index in [0.29, 0.717) is 11.8 Å². The number of likely N-dealkylation sites (tertiary alicyclic amines) is 1. The first-order valence-electron chi connectivity index (χ1n) is 9.29. The molecule has 2 aliphatic rings. The summed E-state index contributed by atoms with van der Waals surface area (Å²) in [7, 11) is 1.68. The first-order chi connectivity index (χ1) is 12.2. The molecule has 2 unspecified atom stereocenters. The van der Waals surface area contributed by atoms with Crippen LogP contribution in [0.3, 0.4) is 0 Å². The van der Waals surface area contributed by atoms with Crippen molar-refractivity contribution in [2.24, 2.45) is 11.8 Å². The number of aliphatic hydroxyl groups is 1. The van der Waals surface area contributed by atoms with E-state index in [1.165, 1.54) is 5.56 Å². The second-order valence-corrected chi connectivity index (χ2v) is 7.69. The summed E-state index contributed by atoms with van der Waals surface area (Å²) in [5.41, 5.74) is 1.74. The zero-order chi connectivity index (χ0) is 17.3. The number of hydrogen-bond acceptors (Lipinski definition) is 3. The maximum Gasteiger partial charge on any atom is 0.119 e. The summed E-state index contributed by atoms with van der Waals surface area (Å²) in [4.78, 5) is 2.58. The Bertz CT molecular complexity index is 701. The minimum Gasteiger partial charge on any atom is -0.497 e. The molecule has 1 saturated heterocycles. The Kier molecular flexibility index (Phi) is 4.53. The van der Waals surface area contributed by atoms with Crippen LogP contribution in [0.5, 0.6) is 5.75 Å². The molecular weight excluding hydrogens is 310 g/mol. The summed E-state index contributed by atoms with van der Waals surface area (Å²) >= 11 is 0. The van der Waals surface area contributed by atoms with Gasteiger partial charge in [-0.05, 0) is 54.4 Å². The summed E-state index contributed by atoms with van der Waals surface area (Å²) in [5.74, 6) is 2.03. The Morgan fingerprint density at radius 1 is 1.04 bits per heavy atom. The van der Waals surface area contributed by atoms with Crippen LogP contribution in [0, 0.1) is 11.8 Å². The second-order valence-electron chi connectivity index (χ2n) is 7.69. The van der Waals surface area contributed by atoms with Crippen molar-refractivity contribution in [1.82, 2.24) is 4.90 Å². The van der Waals surface area contributed by atoms with Gasteiger partial charge in [-0.1, -0.05) is 42.5 Å². The van der Waals surface area contributed by atoms with E-state index in [1.807, 2.05) is 24.3 Å². The minimum atomic E-state index is -0.685. The fourth-order valence-corrected chi connectivity index (χ4v) is 4.71. The number of benzene rings is 2. The van der Waals surface area contributed by atoms with Crippen LogP contribution in [0.15, 0.2) is 54.6 Å². The lowest BCUT2D eigenvalue weighted by Gasteiger charge is -2.26. The molecule has 2 atom stereocenters. The molecule has 2 aromatic carbocycles. The summed E-state index contributed by atoms with van der Waals surface area (Å²) in [6, 6.07) is 18.7. The fourth-order valence-electron chi connectivity index (χ4n) is 4.71. The average molecular weight is 337 g/mol. The third-order valence-electron chi connectivity index (χ3n) is 6.02. The van der Waals surface area contributed by atoms with E-state index in [2.05, 4.69) is 35.2 Å². The van der Waals surface area contributed by atoms with Gasteiger partial charge in [0.2, 0.25) is 0 Å². The third kappa shape index (κ3) is 3.44. The summed E-state index contributed by atoms with van der Waals surface area (Å²) < 4.78 is 5.33. The molecule has 1 aliphatic carbocycles. The fraction of sp³-hybridized carbons (Fsp3) is 0.455. The van der Waals surface area contributed by atoms with Crippen molar-refractivity contribution in [2.75, 3.05) is 26.7 Å². The van der Waals surface area contributed by atoms with Gasteiger partial charge in [0.25, 0.3) is 0 Å². The Labute approximate surface area is 150 Å². The molecule has 0 radical (unpaired) electrons. The average Bonchev–Trinajstić information content (AvgIpc) is 3.16. The van der Waals surface area contributed by atoms with Gasteiger partial charge in [-0.15, -0.1) is 0 Å². The van der Waals surface area contributed by atoms with Crippen LogP contribution in [0.25, 0.3) is 0 Å². The van der Waals surface area contributed by atoms with Gasteiger partial charge < -0.3 is 14.7 Å². The quantitative estimate of drug-likeness (QED) is 0.907. The molecule has 0 amide bonds. The smallest absolute Gasteiger partial charge is 0.119 e. The molecule has 1 N–H and O–H groups in total. The molecule has 1 aliphatic heterocycles. The summed E-state index contributed by atoms with van der Waals surface area (Å²) in [6.45, 7) is 3.35. The van der Waals surface area contributed by atoms with Crippen molar-refractivity contribution in [1.29, 1.82) is 0 Å². The highest BCUT2D eigenvalue weighted by atomic mass is 16.5. The first kappa shape index (κ1) is 16.6. The van der Waals surface area contributed by atoms with Gasteiger partial charge in [0, 0.05) is 19.6 Å². The Hall–Kier alpha value is -1.84. The largest absolute Gasteiger partial charge is 0.497 e. The predicted octanol–water partition coefficient (Wildman–Crippen LogP) is 3.47. The van der Waals surface area contributed by atoms with E-state index < -0.39 is 5.60 Å². The van der Waals surface area contributed by atoms with Crippen LogP contribution in [0.2, 0.25) is 0 Å². The predicted molar refractivity (Wildman–Crippen MR) is 99.7 cm³/mol. The Morgan fingerprint density at radius 3 is 2.44 bits per heavy atom. The van der Waals surface area contributed by atoms with Crippen LogP contribution in [0.1, 0.15) is 24.0 Å². The molecular formula is C22H27NO2. The summed E-state index contributed by atoms with van der Waals surface area (Å²) in [6.07, 6.45) is 2.85. The zero-order valence-electron chi connectivity index (χ0n) is 14.9. The number of methoxy groups -OCH3 is 1. The van der Waals surface area contributed by atoms with Crippen molar-refractivity contribution in [3.05, 3.63) is 65.7 Å². The van der Waals surface area contributed by atoms with Crippen LogP contribution in [0.4, 0.5) is 0 Å². The highest BCUT2D eigenvalue weighted by Gasteiger charge is 2.48. The van der Waals surface area contributed by atoms with Crippen LogP contribution in [-0.4, -0.2) is 36.8 Å². The van der Waals surface area contributed by atoms with Gasteiger partial charge >= 0.3 is 0 Å². The van der Waals surface area contributed by atoms with E-state index >= 15 is 0 Å². The van der Waals surface area contributed by atoms with Gasteiger partial charge in [0.1, 0.15) is 5.75 Å². The lowest BCUT2D eigenvalue weighted by Crippen LogP contribution is -2.29. The first-order valence-corrected chi connectivity index (χ1v) is 9.29. The molecule has 0 aromatic heterocycles. The van der Waals surface area contributed by atoms with Gasteiger partial charge in [0.05, 0.1) is 12.7 Å². The highest BCUT2D eigenvalue weighted by molar-refractivity contribution is 5.33. The van der Waals surface area contributed by atoms with Crippen molar-refractivity contribution in [3.63, 3.8) is 0 Å². The molecule has 2 aromatic rings. The summed E-state index contributed by atoms with van der Waals surface area (Å²) in [5, 5.41) is 11.2. The van der Waals surface area contributed by atoms with E-state index in [0.717, 1.165) is 50.2 Å². The molecule has 2 fully saturated rings. The van der Waals surface area contributed by atoms with E-state index in [9.17, 15) is 5.11 Å². The molecule has 25 heavy (non-hydrogen) atoms. The van der Waals surface area contributed by atoms with Crippen molar-refractivity contribution >= 4 is 0 Å². The normalized spacial score (nSPS) is 28.9. The molecule has 132 valence electrons. The maximum absolute atomic E-state index is 11.2. The van der Waals surface area contributed by atoms with Gasteiger partial charge in [-0.25, -0.2) is 0 Å². The van der Waals surface area contributed by atoms with Crippen molar-refractivity contribution in [3.8, 4) is 5.75 Å². The highest BCUT2D eigenvalue weighted by Crippen LogP contribution is 2.49. The number of nitrogens with zero attached hydrogens (tertiary/aromatic N) is 1. The topological polar surface area (TPSA) is 32.7 Å². The molecule has 1 heterocycles. The number of fused-ring (bicyclic) bond motifs is 1. The monoisotopic (exact) mass is 337 g/mol. The number of rotatable bonds is 5. The Morgan fingerprint density at radius 2 is 1.76 bits per heavy atom. The van der Waals surface area contributed by atoms with Crippen LogP contribution in [-0.2, 0) is 12.0 Å². The second kappa shape index (κ2) is 6.81. The van der Waals surface area contributed by atoms with Gasteiger partial charge in [-0.2, -0.15) is 0 Å². The minimum absolute atomic E-state index is 0.604. The number of hydrogen-bond donors (Lipinski definition) is 1. The third-order valence-corrected chi connectivity index (χ3v) is 6.02. The zero-order valence-corrected chi connectivity index (χ0v) is 14.9. The molecule has 3 heteroatoms. The Balaban J connectivity index is 1.37. The SMILES string of the molecule is COc1cccc(C2(O)CC3CN(CCc4ccccc4)CC3C2)c1. The van der Waals surface area contributed by atoms with E-state index in [-0.39, 0.29) is 0 Å². The van der Waals surface area contributed by atoms with Crippen molar-refractivity contribution in [2.45, 2.75) is 24.9 Å². The van der Waals surface area contributed by atoms with Gasteiger partial charge in [0.15, 0.2) is 0 Å². The molecule has 4 rings (SSSR count). The van der Waals surface area contributed by atoms with Crippen molar-refractivity contribution < 1.29 is 9.84 Å². The number of ether oxygens (including phenoxy) is 1. The van der Waals surface area contributed by atoms with Crippen LogP contribution >= 0.6 is 0 Å².